The van der Waals surface area contributed by atoms with E-state index in [2.05, 4.69) is 17.1 Å². The van der Waals surface area contributed by atoms with E-state index >= 15 is 0 Å². The Balaban J connectivity index is 1.56. The average Bonchev–Trinajstić information content (AvgIpc) is 3.38. The standard InChI is InChI=1S/C24H23FN4OS2/c1-15-10-16(2)22(17(3)11-15)29(18(4)30)24-27-20(14-32-24)13-31-23-26-8-9-28(23)21-7-5-6-19(25)12-21/h5-12,14H,13H2,1-4H3. The Kier molecular flexibility index (Phi) is 6.43. The van der Waals surface area contributed by atoms with E-state index in [0.29, 0.717) is 10.9 Å². The number of anilines is 2. The number of carbonyl (C=O) groups excluding carboxylic acids is 1. The van der Waals surface area contributed by atoms with Gasteiger partial charge in [-0.2, -0.15) is 0 Å². The summed E-state index contributed by atoms with van der Waals surface area (Å²) in [6.45, 7) is 7.64. The normalized spacial score (nSPS) is 11.0. The van der Waals surface area contributed by atoms with Gasteiger partial charge in [0.25, 0.3) is 0 Å². The Hall–Kier alpha value is -2.97. The SMILES string of the molecule is CC(=O)N(c1nc(CSc2nccn2-c2cccc(F)c2)cs1)c1c(C)cc(C)cc1C. The van der Waals surface area contributed by atoms with E-state index in [4.69, 9.17) is 4.98 Å². The number of hydrogen-bond donors (Lipinski definition) is 0. The van der Waals surface area contributed by atoms with E-state index in [0.717, 1.165) is 38.9 Å². The summed E-state index contributed by atoms with van der Waals surface area (Å²) < 4.78 is 15.5. The molecule has 0 bridgehead atoms. The Labute approximate surface area is 195 Å². The molecule has 0 N–H and O–H groups in total. The van der Waals surface area contributed by atoms with Crippen molar-refractivity contribution in [1.82, 2.24) is 14.5 Å². The minimum Gasteiger partial charge on any atom is -0.295 e. The van der Waals surface area contributed by atoms with Gasteiger partial charge < -0.3 is 0 Å². The Morgan fingerprint density at radius 2 is 1.94 bits per heavy atom. The zero-order valence-corrected chi connectivity index (χ0v) is 19.9. The molecule has 0 spiro atoms. The number of carbonyl (C=O) groups is 1. The number of nitrogens with zero attached hydrogens (tertiary/aromatic N) is 4. The second-order valence-corrected chi connectivity index (χ2v) is 9.35. The van der Waals surface area contributed by atoms with Gasteiger partial charge in [-0.25, -0.2) is 14.4 Å². The summed E-state index contributed by atoms with van der Waals surface area (Å²) in [6.07, 6.45) is 3.50. The molecule has 5 nitrogen and oxygen atoms in total. The maximum absolute atomic E-state index is 13.6. The van der Waals surface area contributed by atoms with Crippen LogP contribution in [0.15, 0.2) is 59.3 Å². The van der Waals surface area contributed by atoms with Gasteiger partial charge in [0.2, 0.25) is 5.91 Å². The number of hydrogen-bond acceptors (Lipinski definition) is 5. The lowest BCUT2D eigenvalue weighted by atomic mass is 10.0. The summed E-state index contributed by atoms with van der Waals surface area (Å²) in [5.41, 5.74) is 5.71. The zero-order valence-electron chi connectivity index (χ0n) is 18.3. The molecular weight excluding hydrogens is 443 g/mol. The number of thioether (sulfide) groups is 1. The van der Waals surface area contributed by atoms with Gasteiger partial charge in [0, 0.05) is 30.5 Å². The third-order valence-electron chi connectivity index (χ3n) is 4.95. The van der Waals surface area contributed by atoms with Crippen molar-refractivity contribution < 1.29 is 9.18 Å². The lowest BCUT2D eigenvalue weighted by Gasteiger charge is -2.23. The van der Waals surface area contributed by atoms with Crippen molar-refractivity contribution >= 4 is 39.8 Å². The number of aromatic nitrogens is 3. The maximum Gasteiger partial charge on any atom is 0.230 e. The highest BCUT2D eigenvalue weighted by Gasteiger charge is 2.22. The van der Waals surface area contributed by atoms with Gasteiger partial charge in [0.1, 0.15) is 5.82 Å². The first-order valence-electron chi connectivity index (χ1n) is 10.1. The smallest absolute Gasteiger partial charge is 0.230 e. The number of rotatable bonds is 6. The van der Waals surface area contributed by atoms with Crippen molar-refractivity contribution in [2.45, 2.75) is 38.6 Å². The molecule has 0 unspecified atom stereocenters. The number of imidazole rings is 1. The molecule has 1 amide bonds. The van der Waals surface area contributed by atoms with Crippen LogP contribution in [0.2, 0.25) is 0 Å². The molecule has 4 aromatic rings. The molecule has 8 heteroatoms. The van der Waals surface area contributed by atoms with Gasteiger partial charge in [-0.3, -0.25) is 14.3 Å². The van der Waals surface area contributed by atoms with Crippen LogP contribution in [0.4, 0.5) is 15.2 Å². The van der Waals surface area contributed by atoms with Gasteiger partial charge in [-0.05, 0) is 50.1 Å². The number of benzene rings is 2. The molecule has 0 aliphatic rings. The van der Waals surface area contributed by atoms with Crippen molar-refractivity contribution in [2.24, 2.45) is 0 Å². The minimum absolute atomic E-state index is 0.0738. The molecule has 0 aliphatic heterocycles. The average molecular weight is 467 g/mol. The summed E-state index contributed by atoms with van der Waals surface area (Å²) in [4.78, 5) is 23.4. The fraction of sp³-hybridized carbons (Fsp3) is 0.208. The third kappa shape index (κ3) is 4.61. The lowest BCUT2D eigenvalue weighted by molar-refractivity contribution is -0.115. The first-order chi connectivity index (χ1) is 15.3. The largest absolute Gasteiger partial charge is 0.295 e. The lowest BCUT2D eigenvalue weighted by Crippen LogP contribution is -2.24. The van der Waals surface area contributed by atoms with E-state index in [1.165, 1.54) is 35.2 Å². The van der Waals surface area contributed by atoms with E-state index in [1.807, 2.05) is 43.0 Å². The first kappa shape index (κ1) is 22.2. The molecule has 4 rings (SSSR count). The van der Waals surface area contributed by atoms with Crippen molar-refractivity contribution in [3.05, 3.63) is 82.4 Å². The van der Waals surface area contributed by atoms with Crippen molar-refractivity contribution in [3.8, 4) is 5.69 Å². The van der Waals surface area contributed by atoms with Crippen LogP contribution >= 0.6 is 23.1 Å². The van der Waals surface area contributed by atoms with Gasteiger partial charge in [-0.15, -0.1) is 11.3 Å². The number of aryl methyl sites for hydroxylation is 3. The predicted octanol–water partition coefficient (Wildman–Crippen LogP) is 6.37. The topological polar surface area (TPSA) is 51.0 Å². The van der Waals surface area contributed by atoms with Crippen LogP contribution in [0, 0.1) is 26.6 Å². The molecule has 2 heterocycles. The Morgan fingerprint density at radius 1 is 1.19 bits per heavy atom. The van der Waals surface area contributed by atoms with Gasteiger partial charge in [0.15, 0.2) is 10.3 Å². The van der Waals surface area contributed by atoms with E-state index in [9.17, 15) is 9.18 Å². The monoisotopic (exact) mass is 466 g/mol. The molecule has 0 saturated heterocycles. The molecular formula is C24H23FN4OS2. The molecule has 0 atom stereocenters. The Bertz CT molecular complexity index is 1260. The Morgan fingerprint density at radius 3 is 2.62 bits per heavy atom. The van der Waals surface area contributed by atoms with Gasteiger partial charge in [-0.1, -0.05) is 35.5 Å². The summed E-state index contributed by atoms with van der Waals surface area (Å²) in [5, 5.41) is 3.36. The summed E-state index contributed by atoms with van der Waals surface area (Å²) in [5.74, 6) is 0.220. The van der Waals surface area contributed by atoms with Crippen molar-refractivity contribution in [2.75, 3.05) is 4.90 Å². The number of thiazole rings is 1. The molecule has 0 radical (unpaired) electrons. The maximum atomic E-state index is 13.6. The van der Waals surface area contributed by atoms with E-state index in [-0.39, 0.29) is 11.7 Å². The van der Waals surface area contributed by atoms with Crippen LogP contribution < -0.4 is 4.90 Å². The molecule has 2 aromatic heterocycles. The van der Waals surface area contributed by atoms with Crippen LogP contribution in [0.5, 0.6) is 0 Å². The highest BCUT2D eigenvalue weighted by atomic mass is 32.2. The fourth-order valence-corrected chi connectivity index (χ4v) is 5.58. The molecule has 0 fully saturated rings. The fourth-order valence-electron chi connectivity index (χ4n) is 3.74. The minimum atomic E-state index is -0.290. The summed E-state index contributed by atoms with van der Waals surface area (Å²) in [7, 11) is 0. The number of halogens is 1. The van der Waals surface area contributed by atoms with Crippen molar-refractivity contribution in [3.63, 3.8) is 0 Å². The van der Waals surface area contributed by atoms with Crippen LogP contribution in [0.1, 0.15) is 29.3 Å². The molecule has 0 saturated carbocycles. The van der Waals surface area contributed by atoms with Gasteiger partial charge in [0.05, 0.1) is 17.1 Å². The molecule has 0 aliphatic carbocycles. The number of amides is 1. The first-order valence-corrected chi connectivity index (χ1v) is 11.9. The second kappa shape index (κ2) is 9.26. The highest BCUT2D eigenvalue weighted by Crippen LogP contribution is 2.35. The highest BCUT2D eigenvalue weighted by molar-refractivity contribution is 7.98. The van der Waals surface area contributed by atoms with Gasteiger partial charge >= 0.3 is 0 Å². The van der Waals surface area contributed by atoms with E-state index in [1.54, 1.807) is 24.1 Å². The van der Waals surface area contributed by atoms with E-state index < -0.39 is 0 Å². The molecule has 164 valence electrons. The quantitative estimate of drug-likeness (QED) is 0.310. The van der Waals surface area contributed by atoms with Crippen LogP contribution in [0.3, 0.4) is 0 Å². The summed E-state index contributed by atoms with van der Waals surface area (Å²) in [6, 6.07) is 10.6. The van der Waals surface area contributed by atoms with Crippen LogP contribution in [-0.4, -0.2) is 20.4 Å². The molecule has 2 aromatic carbocycles. The molecule has 32 heavy (non-hydrogen) atoms. The van der Waals surface area contributed by atoms with Crippen LogP contribution in [0.25, 0.3) is 5.69 Å². The second-order valence-electron chi connectivity index (χ2n) is 7.57. The summed E-state index contributed by atoms with van der Waals surface area (Å²) >= 11 is 2.96. The predicted molar refractivity (Wildman–Crippen MR) is 129 cm³/mol. The van der Waals surface area contributed by atoms with Crippen molar-refractivity contribution in [1.29, 1.82) is 0 Å². The zero-order chi connectivity index (χ0) is 22.8. The third-order valence-corrected chi connectivity index (χ3v) is 6.82. The van der Waals surface area contributed by atoms with Crippen LogP contribution in [-0.2, 0) is 10.5 Å².